The number of likely N-dealkylation sites (N-methyl/N-ethyl adjacent to an activating group) is 1. The standard InChI is InChI=1S/C12H20N2OS/c1-13-6-12(15)8-14(11-2-3-11)7-10-4-5-16-9-10/h4-5,9,11-13,15H,2-3,6-8H2,1H3. The molecule has 0 bridgehead atoms. The Hall–Kier alpha value is -0.420. The summed E-state index contributed by atoms with van der Waals surface area (Å²) in [5.41, 5.74) is 1.37. The van der Waals surface area contributed by atoms with Crippen LogP contribution in [0.1, 0.15) is 18.4 Å². The number of aliphatic hydroxyl groups is 1. The Bertz CT molecular complexity index is 298. The van der Waals surface area contributed by atoms with E-state index in [9.17, 15) is 5.11 Å². The highest BCUT2D eigenvalue weighted by atomic mass is 32.1. The molecule has 0 spiro atoms. The molecule has 3 nitrogen and oxygen atoms in total. The maximum absolute atomic E-state index is 9.82. The van der Waals surface area contributed by atoms with Gasteiger partial charge in [-0.15, -0.1) is 0 Å². The first-order valence-electron chi connectivity index (χ1n) is 5.87. The molecule has 1 heterocycles. The molecule has 2 N–H and O–H groups in total. The van der Waals surface area contributed by atoms with Crippen molar-refractivity contribution >= 4 is 11.3 Å². The lowest BCUT2D eigenvalue weighted by molar-refractivity contribution is 0.105. The summed E-state index contributed by atoms with van der Waals surface area (Å²) in [5, 5.41) is 17.1. The predicted octanol–water partition coefficient (Wildman–Crippen LogP) is 1.29. The quantitative estimate of drug-likeness (QED) is 0.754. The summed E-state index contributed by atoms with van der Waals surface area (Å²) in [6, 6.07) is 2.87. The van der Waals surface area contributed by atoms with Crippen molar-refractivity contribution in [3.05, 3.63) is 22.4 Å². The van der Waals surface area contributed by atoms with Gasteiger partial charge in [0.1, 0.15) is 0 Å². The van der Waals surface area contributed by atoms with Crippen LogP contribution < -0.4 is 5.32 Å². The minimum Gasteiger partial charge on any atom is -0.390 e. The average molecular weight is 240 g/mol. The van der Waals surface area contributed by atoms with Crippen molar-refractivity contribution in [3.8, 4) is 0 Å². The maximum atomic E-state index is 9.82. The number of nitrogens with zero attached hydrogens (tertiary/aromatic N) is 1. The Morgan fingerprint density at radius 1 is 1.62 bits per heavy atom. The third-order valence-corrected chi connectivity index (χ3v) is 3.65. The summed E-state index contributed by atoms with van der Waals surface area (Å²) in [6.45, 7) is 2.43. The Balaban J connectivity index is 1.85. The summed E-state index contributed by atoms with van der Waals surface area (Å²) in [4.78, 5) is 2.41. The van der Waals surface area contributed by atoms with Crippen molar-refractivity contribution < 1.29 is 5.11 Å². The first-order valence-corrected chi connectivity index (χ1v) is 6.81. The molecule has 0 radical (unpaired) electrons. The highest BCUT2D eigenvalue weighted by Gasteiger charge is 2.30. The lowest BCUT2D eigenvalue weighted by atomic mass is 10.2. The fraction of sp³-hybridized carbons (Fsp3) is 0.667. The van der Waals surface area contributed by atoms with Crippen LogP contribution in [0.4, 0.5) is 0 Å². The molecule has 1 atom stereocenters. The van der Waals surface area contributed by atoms with E-state index in [-0.39, 0.29) is 6.10 Å². The van der Waals surface area contributed by atoms with Gasteiger partial charge in [0.2, 0.25) is 0 Å². The molecule has 0 aliphatic heterocycles. The summed E-state index contributed by atoms with van der Waals surface area (Å²) >= 11 is 1.74. The van der Waals surface area contributed by atoms with Gasteiger partial charge >= 0.3 is 0 Å². The molecule has 0 saturated heterocycles. The van der Waals surface area contributed by atoms with E-state index < -0.39 is 0 Å². The first-order chi connectivity index (χ1) is 7.79. The molecule has 1 fully saturated rings. The molecule has 1 aliphatic rings. The SMILES string of the molecule is CNCC(O)CN(Cc1ccsc1)C1CC1. The van der Waals surface area contributed by atoms with Gasteiger partial charge in [-0.2, -0.15) is 11.3 Å². The molecule has 1 saturated carbocycles. The zero-order chi connectivity index (χ0) is 11.4. The predicted molar refractivity (Wildman–Crippen MR) is 67.7 cm³/mol. The number of hydrogen-bond acceptors (Lipinski definition) is 4. The highest BCUT2D eigenvalue weighted by molar-refractivity contribution is 7.07. The molecule has 1 aromatic rings. The van der Waals surface area contributed by atoms with Gasteiger partial charge in [0, 0.05) is 25.7 Å². The minimum atomic E-state index is -0.260. The van der Waals surface area contributed by atoms with Gasteiger partial charge < -0.3 is 10.4 Å². The normalized spacial score (nSPS) is 17.9. The molecule has 1 aliphatic carbocycles. The molecule has 0 aromatic carbocycles. The van der Waals surface area contributed by atoms with E-state index in [1.807, 2.05) is 7.05 Å². The van der Waals surface area contributed by atoms with E-state index >= 15 is 0 Å². The molecule has 90 valence electrons. The number of nitrogens with one attached hydrogen (secondary N) is 1. The largest absolute Gasteiger partial charge is 0.390 e. The minimum absolute atomic E-state index is 0.260. The summed E-state index contributed by atoms with van der Waals surface area (Å²) in [6.07, 6.45) is 2.32. The monoisotopic (exact) mass is 240 g/mol. The van der Waals surface area contributed by atoms with Crippen molar-refractivity contribution in [1.29, 1.82) is 0 Å². The van der Waals surface area contributed by atoms with Gasteiger partial charge in [-0.1, -0.05) is 0 Å². The molecular formula is C12H20N2OS. The molecule has 2 rings (SSSR count). The number of rotatable bonds is 7. The van der Waals surface area contributed by atoms with Crippen LogP contribution in [-0.2, 0) is 6.54 Å². The van der Waals surface area contributed by atoms with E-state index in [4.69, 9.17) is 0 Å². The van der Waals surface area contributed by atoms with Crippen LogP contribution in [0.25, 0.3) is 0 Å². The molecule has 16 heavy (non-hydrogen) atoms. The molecular weight excluding hydrogens is 220 g/mol. The lowest BCUT2D eigenvalue weighted by Gasteiger charge is -2.24. The zero-order valence-electron chi connectivity index (χ0n) is 9.72. The van der Waals surface area contributed by atoms with Crippen LogP contribution >= 0.6 is 11.3 Å². The lowest BCUT2D eigenvalue weighted by Crippen LogP contribution is -2.38. The van der Waals surface area contributed by atoms with Crippen molar-refractivity contribution in [3.63, 3.8) is 0 Å². The van der Waals surface area contributed by atoms with E-state index in [1.54, 1.807) is 11.3 Å². The maximum Gasteiger partial charge on any atom is 0.0791 e. The van der Waals surface area contributed by atoms with E-state index in [2.05, 4.69) is 27.0 Å². The first kappa shape index (κ1) is 12.0. The van der Waals surface area contributed by atoms with Gasteiger partial charge in [0.25, 0.3) is 0 Å². The van der Waals surface area contributed by atoms with Crippen LogP contribution in [0, 0.1) is 0 Å². The van der Waals surface area contributed by atoms with Crippen LogP contribution in [0.2, 0.25) is 0 Å². The zero-order valence-corrected chi connectivity index (χ0v) is 10.5. The van der Waals surface area contributed by atoms with Crippen LogP contribution in [0.3, 0.4) is 0 Å². The van der Waals surface area contributed by atoms with Gasteiger partial charge in [-0.25, -0.2) is 0 Å². The van der Waals surface area contributed by atoms with Crippen molar-refractivity contribution in [2.75, 3.05) is 20.1 Å². The second-order valence-corrected chi connectivity index (χ2v) is 5.28. The van der Waals surface area contributed by atoms with Crippen molar-refractivity contribution in [2.45, 2.75) is 31.5 Å². The molecule has 1 aromatic heterocycles. The Morgan fingerprint density at radius 2 is 2.44 bits per heavy atom. The molecule has 1 unspecified atom stereocenters. The average Bonchev–Trinajstić information content (AvgIpc) is 2.98. The number of thiophene rings is 1. The van der Waals surface area contributed by atoms with Crippen molar-refractivity contribution in [1.82, 2.24) is 10.2 Å². The van der Waals surface area contributed by atoms with E-state index in [0.717, 1.165) is 13.1 Å². The van der Waals surface area contributed by atoms with E-state index in [1.165, 1.54) is 18.4 Å². The van der Waals surface area contributed by atoms with Gasteiger partial charge in [-0.05, 0) is 42.3 Å². The van der Waals surface area contributed by atoms with Crippen molar-refractivity contribution in [2.24, 2.45) is 0 Å². The Kier molecular flexibility index (Phi) is 4.35. The number of hydrogen-bond donors (Lipinski definition) is 2. The second kappa shape index (κ2) is 5.77. The summed E-state index contributed by atoms with van der Waals surface area (Å²) in [5.74, 6) is 0. The van der Waals surface area contributed by atoms with Crippen LogP contribution in [-0.4, -0.2) is 42.3 Å². The third kappa shape index (κ3) is 3.56. The third-order valence-electron chi connectivity index (χ3n) is 2.91. The smallest absolute Gasteiger partial charge is 0.0791 e. The Morgan fingerprint density at radius 3 is 3.00 bits per heavy atom. The summed E-state index contributed by atoms with van der Waals surface area (Å²) < 4.78 is 0. The highest BCUT2D eigenvalue weighted by Crippen LogP contribution is 2.28. The van der Waals surface area contributed by atoms with Gasteiger partial charge in [0.05, 0.1) is 6.10 Å². The second-order valence-electron chi connectivity index (χ2n) is 4.50. The molecule has 0 amide bonds. The fourth-order valence-corrected chi connectivity index (χ4v) is 2.63. The summed E-state index contributed by atoms with van der Waals surface area (Å²) in [7, 11) is 1.88. The van der Waals surface area contributed by atoms with Gasteiger partial charge in [-0.3, -0.25) is 4.90 Å². The van der Waals surface area contributed by atoms with E-state index in [0.29, 0.717) is 12.6 Å². The fourth-order valence-electron chi connectivity index (χ4n) is 1.97. The topological polar surface area (TPSA) is 35.5 Å². The van der Waals surface area contributed by atoms with Crippen LogP contribution in [0.15, 0.2) is 16.8 Å². The molecule has 4 heteroatoms. The van der Waals surface area contributed by atoms with Gasteiger partial charge in [0.15, 0.2) is 0 Å². The van der Waals surface area contributed by atoms with Crippen LogP contribution in [0.5, 0.6) is 0 Å². The number of aliphatic hydroxyl groups excluding tert-OH is 1. The Labute approximate surface area is 101 Å².